The standard InChI is InChI=1S/C12H6N4O2/c13-16-15-9-5-4-8-10-6(9)2-1-3-7(10)11(17)14-12(8)18/h1-5H,(H,14,17,18). The molecule has 3 rings (SSSR count). The van der Waals surface area contributed by atoms with Crippen LogP contribution in [0.4, 0.5) is 5.69 Å². The first kappa shape index (κ1) is 10.3. The van der Waals surface area contributed by atoms with Gasteiger partial charge in [-0.1, -0.05) is 23.3 Å². The quantitative estimate of drug-likeness (QED) is 0.357. The van der Waals surface area contributed by atoms with Crippen molar-refractivity contribution in [2.75, 3.05) is 0 Å². The SMILES string of the molecule is [N-]=[N+]=Nc1ccc2c3c(cccc13)C(=O)NC2=O. The molecule has 1 heterocycles. The van der Waals surface area contributed by atoms with Crippen LogP contribution >= 0.6 is 0 Å². The molecule has 0 atom stereocenters. The van der Waals surface area contributed by atoms with Crippen molar-refractivity contribution in [1.82, 2.24) is 5.32 Å². The number of amides is 2. The van der Waals surface area contributed by atoms with Crippen LogP contribution < -0.4 is 5.32 Å². The van der Waals surface area contributed by atoms with E-state index in [1.54, 1.807) is 30.3 Å². The monoisotopic (exact) mass is 238 g/mol. The zero-order valence-corrected chi connectivity index (χ0v) is 9.04. The van der Waals surface area contributed by atoms with Gasteiger partial charge < -0.3 is 0 Å². The first-order valence-corrected chi connectivity index (χ1v) is 5.19. The van der Waals surface area contributed by atoms with E-state index in [0.29, 0.717) is 27.6 Å². The first-order chi connectivity index (χ1) is 8.72. The van der Waals surface area contributed by atoms with E-state index in [1.165, 1.54) is 0 Å². The molecule has 0 radical (unpaired) electrons. The molecular weight excluding hydrogens is 232 g/mol. The van der Waals surface area contributed by atoms with Gasteiger partial charge in [0.1, 0.15) is 0 Å². The Balaban J connectivity index is 2.52. The zero-order valence-electron chi connectivity index (χ0n) is 9.04. The maximum absolute atomic E-state index is 11.7. The highest BCUT2D eigenvalue weighted by atomic mass is 16.2. The molecule has 6 heteroatoms. The number of hydrogen-bond acceptors (Lipinski definition) is 3. The fourth-order valence-corrected chi connectivity index (χ4v) is 2.14. The fourth-order valence-electron chi connectivity index (χ4n) is 2.14. The molecule has 0 fully saturated rings. The van der Waals surface area contributed by atoms with E-state index < -0.39 is 11.8 Å². The molecule has 1 aliphatic rings. The summed E-state index contributed by atoms with van der Waals surface area (Å²) in [7, 11) is 0. The lowest BCUT2D eigenvalue weighted by atomic mass is 9.94. The van der Waals surface area contributed by atoms with Crippen LogP contribution in [0.3, 0.4) is 0 Å². The molecule has 2 amide bonds. The van der Waals surface area contributed by atoms with E-state index in [4.69, 9.17) is 5.53 Å². The summed E-state index contributed by atoms with van der Waals surface area (Å²) in [5, 5.41) is 6.97. The van der Waals surface area contributed by atoms with E-state index in [0.717, 1.165) is 0 Å². The molecule has 2 aromatic rings. The number of carbonyl (C=O) groups is 2. The molecule has 0 aromatic heterocycles. The highest BCUT2D eigenvalue weighted by molar-refractivity contribution is 6.26. The number of nitrogens with one attached hydrogen (secondary N) is 1. The number of nitrogens with zero attached hydrogens (tertiary/aromatic N) is 3. The van der Waals surface area contributed by atoms with Gasteiger partial charge in [0.15, 0.2) is 0 Å². The number of carbonyl (C=O) groups excluding carboxylic acids is 2. The van der Waals surface area contributed by atoms with E-state index in [-0.39, 0.29) is 0 Å². The second-order valence-corrected chi connectivity index (χ2v) is 3.83. The van der Waals surface area contributed by atoms with Crippen LogP contribution in [-0.4, -0.2) is 11.8 Å². The summed E-state index contributed by atoms with van der Waals surface area (Å²) < 4.78 is 0. The molecule has 0 unspecified atom stereocenters. The minimum atomic E-state index is -0.434. The molecule has 18 heavy (non-hydrogen) atoms. The molecule has 2 aromatic carbocycles. The summed E-state index contributed by atoms with van der Waals surface area (Å²) in [6.45, 7) is 0. The van der Waals surface area contributed by atoms with Crippen molar-refractivity contribution in [1.29, 1.82) is 0 Å². The molecule has 0 aliphatic carbocycles. The van der Waals surface area contributed by atoms with E-state index in [9.17, 15) is 9.59 Å². The smallest absolute Gasteiger partial charge is 0.258 e. The van der Waals surface area contributed by atoms with Crippen LogP contribution in [0.25, 0.3) is 21.2 Å². The largest absolute Gasteiger partial charge is 0.288 e. The first-order valence-electron chi connectivity index (χ1n) is 5.19. The lowest BCUT2D eigenvalue weighted by Gasteiger charge is -2.17. The highest BCUT2D eigenvalue weighted by Gasteiger charge is 2.25. The lowest BCUT2D eigenvalue weighted by molar-refractivity contribution is 0.0845. The van der Waals surface area contributed by atoms with Gasteiger partial charge in [0, 0.05) is 27.1 Å². The van der Waals surface area contributed by atoms with Crippen LogP contribution in [0.5, 0.6) is 0 Å². The minimum absolute atomic E-state index is 0.403. The Morgan fingerprint density at radius 1 is 1.06 bits per heavy atom. The van der Waals surface area contributed by atoms with Gasteiger partial charge in [-0.3, -0.25) is 14.9 Å². The van der Waals surface area contributed by atoms with Gasteiger partial charge in [0.05, 0.1) is 0 Å². The summed E-state index contributed by atoms with van der Waals surface area (Å²) in [5.41, 5.74) is 9.74. The normalized spacial score (nSPS) is 13.1. The van der Waals surface area contributed by atoms with Gasteiger partial charge in [-0.05, 0) is 23.1 Å². The van der Waals surface area contributed by atoms with Gasteiger partial charge >= 0.3 is 0 Å². The molecule has 0 saturated heterocycles. The summed E-state index contributed by atoms with van der Waals surface area (Å²) >= 11 is 0. The summed E-state index contributed by atoms with van der Waals surface area (Å²) in [4.78, 5) is 26.2. The lowest BCUT2D eigenvalue weighted by Crippen LogP contribution is -2.34. The molecular formula is C12H6N4O2. The molecule has 6 nitrogen and oxygen atoms in total. The van der Waals surface area contributed by atoms with Crippen LogP contribution in [-0.2, 0) is 0 Å². The predicted octanol–water partition coefficient (Wildman–Crippen LogP) is 2.67. The average molecular weight is 238 g/mol. The third-order valence-electron chi connectivity index (χ3n) is 2.89. The average Bonchev–Trinajstić information content (AvgIpc) is 2.37. The second kappa shape index (κ2) is 3.58. The Bertz CT molecular complexity index is 740. The summed E-state index contributed by atoms with van der Waals surface area (Å²) in [5.74, 6) is -0.868. The van der Waals surface area contributed by atoms with Crippen molar-refractivity contribution in [2.24, 2.45) is 5.11 Å². The van der Waals surface area contributed by atoms with Gasteiger partial charge in [0.25, 0.3) is 11.8 Å². The summed E-state index contributed by atoms with van der Waals surface area (Å²) in [6.07, 6.45) is 0. The Kier molecular flexibility index (Phi) is 2.05. The number of benzene rings is 2. The van der Waals surface area contributed by atoms with E-state index in [2.05, 4.69) is 15.3 Å². The number of hydrogen-bond donors (Lipinski definition) is 1. The third-order valence-corrected chi connectivity index (χ3v) is 2.89. The Morgan fingerprint density at radius 3 is 2.50 bits per heavy atom. The molecule has 1 N–H and O–H groups in total. The van der Waals surface area contributed by atoms with Crippen LogP contribution in [0.2, 0.25) is 0 Å². The predicted molar refractivity (Wildman–Crippen MR) is 64.6 cm³/mol. The molecule has 0 bridgehead atoms. The van der Waals surface area contributed by atoms with Crippen molar-refractivity contribution >= 4 is 28.3 Å². The summed E-state index contributed by atoms with van der Waals surface area (Å²) in [6, 6.07) is 8.16. The molecule has 0 saturated carbocycles. The van der Waals surface area contributed by atoms with Gasteiger partial charge in [-0.25, -0.2) is 0 Å². The van der Waals surface area contributed by atoms with Crippen LogP contribution in [0.1, 0.15) is 20.7 Å². The Hall–Kier alpha value is -2.85. The Morgan fingerprint density at radius 2 is 1.78 bits per heavy atom. The Labute approximate surface area is 101 Å². The van der Waals surface area contributed by atoms with Crippen molar-refractivity contribution in [3.63, 3.8) is 0 Å². The number of azide groups is 1. The van der Waals surface area contributed by atoms with Gasteiger partial charge in [0.2, 0.25) is 0 Å². The third kappa shape index (κ3) is 1.27. The van der Waals surface area contributed by atoms with E-state index >= 15 is 0 Å². The van der Waals surface area contributed by atoms with Crippen molar-refractivity contribution in [3.8, 4) is 0 Å². The van der Waals surface area contributed by atoms with Crippen LogP contribution in [0, 0.1) is 0 Å². The van der Waals surface area contributed by atoms with Crippen molar-refractivity contribution < 1.29 is 9.59 Å². The van der Waals surface area contributed by atoms with E-state index in [1.807, 2.05) is 0 Å². The fraction of sp³-hybridized carbons (Fsp3) is 0. The van der Waals surface area contributed by atoms with Crippen LogP contribution in [0.15, 0.2) is 35.4 Å². The number of rotatable bonds is 1. The maximum atomic E-state index is 11.7. The molecule has 0 spiro atoms. The highest BCUT2D eigenvalue weighted by Crippen LogP contribution is 2.33. The van der Waals surface area contributed by atoms with Gasteiger partial charge in [-0.15, -0.1) is 0 Å². The van der Waals surface area contributed by atoms with Crippen molar-refractivity contribution in [2.45, 2.75) is 0 Å². The van der Waals surface area contributed by atoms with Crippen molar-refractivity contribution in [3.05, 3.63) is 51.9 Å². The zero-order chi connectivity index (χ0) is 12.7. The topological polar surface area (TPSA) is 94.9 Å². The molecule has 1 aliphatic heterocycles. The number of imide groups is 1. The minimum Gasteiger partial charge on any atom is -0.288 e. The van der Waals surface area contributed by atoms with Gasteiger partial charge in [-0.2, -0.15) is 0 Å². The maximum Gasteiger partial charge on any atom is 0.258 e. The second-order valence-electron chi connectivity index (χ2n) is 3.83. The molecule has 86 valence electrons.